The van der Waals surface area contributed by atoms with Crippen molar-refractivity contribution in [1.29, 1.82) is 0 Å². The zero-order chi connectivity index (χ0) is 27.5. The van der Waals surface area contributed by atoms with E-state index in [2.05, 4.69) is 15.9 Å². The van der Waals surface area contributed by atoms with Crippen LogP contribution in [0.15, 0.2) is 65.7 Å². The Labute approximate surface area is 227 Å². The number of anilines is 2. The van der Waals surface area contributed by atoms with E-state index in [0.717, 1.165) is 17.0 Å². The number of hydrogen-bond donors (Lipinski definition) is 1. The van der Waals surface area contributed by atoms with Crippen LogP contribution >= 0.6 is 0 Å². The summed E-state index contributed by atoms with van der Waals surface area (Å²) in [5.41, 5.74) is 3.49. The van der Waals surface area contributed by atoms with Gasteiger partial charge in [0.15, 0.2) is 0 Å². The van der Waals surface area contributed by atoms with E-state index >= 15 is 4.39 Å². The minimum absolute atomic E-state index is 0.188. The van der Waals surface area contributed by atoms with Crippen molar-refractivity contribution >= 4 is 29.0 Å². The smallest absolute Gasteiger partial charge is 0.305 e. The Morgan fingerprint density at radius 1 is 1.05 bits per heavy atom. The Morgan fingerprint density at radius 3 is 2.51 bits per heavy atom. The molecular weight excluding hydrogens is 499 g/mol. The number of aliphatic carboxylic acids is 1. The van der Waals surface area contributed by atoms with Crippen molar-refractivity contribution in [2.24, 2.45) is 4.99 Å². The maximum absolute atomic E-state index is 15.1. The Hall–Kier alpha value is -4.27. The summed E-state index contributed by atoms with van der Waals surface area (Å²) >= 11 is 0. The van der Waals surface area contributed by atoms with E-state index in [-0.39, 0.29) is 12.1 Å². The second-order valence-electron chi connectivity index (χ2n) is 9.65. The number of guanidine groups is 1. The number of hydrogen-bond acceptors (Lipinski definition) is 7. The van der Waals surface area contributed by atoms with Crippen molar-refractivity contribution in [3.05, 3.63) is 77.6 Å². The molecule has 9 heteroatoms. The summed E-state index contributed by atoms with van der Waals surface area (Å²) in [6.45, 7) is 7.19. The molecule has 2 heterocycles. The number of aliphatic imine (C=N–C) groups is 1. The van der Waals surface area contributed by atoms with Gasteiger partial charge in [0.1, 0.15) is 23.0 Å². The third kappa shape index (κ3) is 5.34. The van der Waals surface area contributed by atoms with Crippen molar-refractivity contribution in [3.8, 4) is 11.5 Å². The number of fused-ring (bicyclic) bond motifs is 1. The molecule has 0 aromatic heterocycles. The summed E-state index contributed by atoms with van der Waals surface area (Å²) in [6, 6.07) is 17.9. The maximum Gasteiger partial charge on any atom is 0.305 e. The first-order valence-corrected chi connectivity index (χ1v) is 13.1. The van der Waals surface area contributed by atoms with Crippen LogP contribution in [0.1, 0.15) is 30.5 Å². The number of methoxy groups -OCH3 is 1. The van der Waals surface area contributed by atoms with Crippen molar-refractivity contribution in [3.63, 3.8) is 0 Å². The fraction of sp³-hybridized carbons (Fsp3) is 0.333. The molecule has 0 radical (unpaired) electrons. The van der Waals surface area contributed by atoms with Crippen LogP contribution in [0.3, 0.4) is 0 Å². The SMILES string of the molecule is CCOc1cccc(N2CCN(C3=Nc4c(F)cccc4C(CC(=O)O)N3c3cc(C)ccc3OC)CC2)c1. The Kier molecular flexibility index (Phi) is 7.58. The molecule has 2 aliphatic rings. The van der Waals surface area contributed by atoms with Crippen molar-refractivity contribution in [2.45, 2.75) is 26.3 Å². The van der Waals surface area contributed by atoms with Crippen LogP contribution < -0.4 is 19.3 Å². The zero-order valence-electron chi connectivity index (χ0n) is 22.4. The molecule has 1 fully saturated rings. The minimum Gasteiger partial charge on any atom is -0.495 e. The molecule has 0 spiro atoms. The van der Waals surface area contributed by atoms with Gasteiger partial charge in [0, 0.05) is 43.5 Å². The summed E-state index contributed by atoms with van der Waals surface area (Å²) in [7, 11) is 1.59. The molecule has 1 unspecified atom stereocenters. The molecular formula is C30H33FN4O4. The number of carboxylic acid groups (broad SMARTS) is 1. The van der Waals surface area contributed by atoms with Gasteiger partial charge in [-0.05, 0) is 49.7 Å². The third-order valence-corrected chi connectivity index (χ3v) is 7.13. The molecule has 39 heavy (non-hydrogen) atoms. The highest BCUT2D eigenvalue weighted by Crippen LogP contribution is 2.44. The van der Waals surface area contributed by atoms with Crippen molar-refractivity contribution < 1.29 is 23.8 Å². The summed E-state index contributed by atoms with van der Waals surface area (Å²) in [5.74, 6) is 0.491. The third-order valence-electron chi connectivity index (χ3n) is 7.13. The molecule has 0 saturated carbocycles. The molecule has 1 saturated heterocycles. The largest absolute Gasteiger partial charge is 0.495 e. The fourth-order valence-corrected chi connectivity index (χ4v) is 5.31. The lowest BCUT2D eigenvalue weighted by Crippen LogP contribution is -2.55. The first kappa shape index (κ1) is 26.3. The number of benzene rings is 3. The maximum atomic E-state index is 15.1. The summed E-state index contributed by atoms with van der Waals surface area (Å²) in [6.07, 6.45) is -0.225. The average molecular weight is 533 g/mol. The van der Waals surface area contributed by atoms with E-state index in [0.29, 0.717) is 55.7 Å². The number of aryl methyl sites for hydroxylation is 1. The number of para-hydroxylation sites is 1. The molecule has 1 N–H and O–H groups in total. The van der Waals surface area contributed by atoms with Crippen LogP contribution in [0.5, 0.6) is 11.5 Å². The van der Waals surface area contributed by atoms with Gasteiger partial charge in [0.2, 0.25) is 5.96 Å². The molecule has 1 atom stereocenters. The van der Waals surface area contributed by atoms with Gasteiger partial charge in [0.05, 0.1) is 31.9 Å². The summed E-state index contributed by atoms with van der Waals surface area (Å²) in [5, 5.41) is 9.90. The molecule has 2 aliphatic heterocycles. The number of halogens is 1. The van der Waals surface area contributed by atoms with Gasteiger partial charge in [-0.15, -0.1) is 0 Å². The quantitative estimate of drug-likeness (QED) is 0.437. The topological polar surface area (TPSA) is 77.8 Å². The monoisotopic (exact) mass is 532 g/mol. The first-order chi connectivity index (χ1) is 18.9. The van der Waals surface area contributed by atoms with E-state index in [1.807, 2.05) is 55.1 Å². The van der Waals surface area contributed by atoms with Crippen LogP contribution in [-0.2, 0) is 4.79 Å². The second-order valence-corrected chi connectivity index (χ2v) is 9.65. The molecule has 8 nitrogen and oxygen atoms in total. The number of nitrogens with zero attached hydrogens (tertiary/aromatic N) is 4. The lowest BCUT2D eigenvalue weighted by atomic mass is 9.96. The van der Waals surface area contributed by atoms with Crippen LogP contribution in [0.25, 0.3) is 0 Å². The van der Waals surface area contributed by atoms with Gasteiger partial charge in [-0.1, -0.05) is 24.3 Å². The molecule has 204 valence electrons. The minimum atomic E-state index is -0.980. The highest BCUT2D eigenvalue weighted by Gasteiger charge is 2.38. The predicted octanol–water partition coefficient (Wildman–Crippen LogP) is 5.39. The summed E-state index contributed by atoms with van der Waals surface area (Å²) < 4.78 is 26.5. The number of rotatable bonds is 7. The summed E-state index contributed by atoms with van der Waals surface area (Å²) in [4.78, 5) is 23.2. The van der Waals surface area contributed by atoms with Gasteiger partial charge in [-0.25, -0.2) is 9.38 Å². The Bertz CT molecular complexity index is 1390. The predicted molar refractivity (Wildman–Crippen MR) is 150 cm³/mol. The number of carboxylic acids is 1. The highest BCUT2D eigenvalue weighted by atomic mass is 19.1. The van der Waals surface area contributed by atoms with Gasteiger partial charge in [-0.2, -0.15) is 0 Å². The average Bonchev–Trinajstić information content (AvgIpc) is 2.93. The van der Waals surface area contributed by atoms with E-state index in [1.165, 1.54) is 6.07 Å². The van der Waals surface area contributed by atoms with E-state index in [1.54, 1.807) is 19.2 Å². The van der Waals surface area contributed by atoms with Gasteiger partial charge in [-0.3, -0.25) is 4.79 Å². The van der Waals surface area contributed by atoms with E-state index in [9.17, 15) is 9.90 Å². The standard InChI is InChI=1S/C30H33FN4O4/c1-4-39-22-8-5-7-21(18-22)33-13-15-34(16-14-33)30-32-29-23(9-6-10-24(29)31)25(19-28(36)37)35(30)26-17-20(2)11-12-27(26)38-3/h5-12,17-18,25H,4,13-16,19H2,1-3H3,(H,36,37). The van der Waals surface area contributed by atoms with E-state index in [4.69, 9.17) is 14.5 Å². The molecule has 3 aromatic carbocycles. The molecule has 0 bridgehead atoms. The van der Waals surface area contributed by atoms with Crippen LogP contribution in [0.4, 0.5) is 21.5 Å². The second kappa shape index (κ2) is 11.2. The molecule has 0 aliphatic carbocycles. The lowest BCUT2D eigenvalue weighted by molar-refractivity contribution is -0.137. The number of ether oxygens (including phenoxy) is 2. The van der Waals surface area contributed by atoms with E-state index < -0.39 is 17.8 Å². The van der Waals surface area contributed by atoms with Gasteiger partial charge in [0.25, 0.3) is 0 Å². The van der Waals surface area contributed by atoms with Crippen LogP contribution in [0, 0.1) is 12.7 Å². The highest BCUT2D eigenvalue weighted by molar-refractivity contribution is 6.02. The van der Waals surface area contributed by atoms with Gasteiger partial charge >= 0.3 is 5.97 Å². The number of carbonyl (C=O) groups is 1. The Balaban J connectivity index is 1.54. The molecule has 0 amide bonds. The Morgan fingerprint density at radius 2 is 1.79 bits per heavy atom. The first-order valence-electron chi connectivity index (χ1n) is 13.1. The van der Waals surface area contributed by atoms with Crippen LogP contribution in [0.2, 0.25) is 0 Å². The number of piperazine rings is 1. The molecule has 3 aromatic rings. The normalized spacial score (nSPS) is 17.0. The zero-order valence-corrected chi connectivity index (χ0v) is 22.4. The fourth-order valence-electron chi connectivity index (χ4n) is 5.31. The van der Waals surface area contributed by atoms with Gasteiger partial charge < -0.3 is 29.3 Å². The van der Waals surface area contributed by atoms with Crippen molar-refractivity contribution in [2.75, 3.05) is 49.7 Å². The molecule has 5 rings (SSSR count). The van der Waals surface area contributed by atoms with Crippen LogP contribution in [-0.4, -0.2) is 61.8 Å². The van der Waals surface area contributed by atoms with Crippen molar-refractivity contribution in [1.82, 2.24) is 4.90 Å². The lowest BCUT2D eigenvalue weighted by Gasteiger charge is -2.45.